The van der Waals surface area contributed by atoms with E-state index in [1.165, 1.54) is 0 Å². The number of halogens is 1. The molecule has 5 nitrogen and oxygen atoms in total. The van der Waals surface area contributed by atoms with Gasteiger partial charge in [-0.1, -0.05) is 38.3 Å². The maximum absolute atomic E-state index is 12.3. The highest BCUT2D eigenvalue weighted by Gasteiger charge is 2.31. The van der Waals surface area contributed by atoms with E-state index in [1.54, 1.807) is 32.0 Å². The molecule has 1 saturated carbocycles. The van der Waals surface area contributed by atoms with Gasteiger partial charge in [-0.2, -0.15) is 0 Å². The fraction of sp³-hybridized carbons (Fsp3) is 0.529. The SMILES string of the molecule is CC(C)C(=O)Nc1ccc(Cl)c(C(=O)NCC2(O)CCCC2)c1. The minimum atomic E-state index is -0.814. The molecular weight excluding hydrogens is 316 g/mol. The van der Waals surface area contributed by atoms with E-state index in [4.69, 9.17) is 11.6 Å². The summed E-state index contributed by atoms with van der Waals surface area (Å²) in [6.07, 6.45) is 3.35. The van der Waals surface area contributed by atoms with Gasteiger partial charge in [-0.25, -0.2) is 0 Å². The standard InChI is InChI=1S/C17H23ClN2O3/c1-11(2)15(21)20-12-5-6-14(18)13(9-12)16(22)19-10-17(23)7-3-4-8-17/h5-6,9,11,23H,3-4,7-8,10H2,1-2H3,(H,19,22)(H,20,21). The zero-order chi connectivity index (χ0) is 17.0. The van der Waals surface area contributed by atoms with E-state index < -0.39 is 5.60 Å². The third-order valence-corrected chi connectivity index (χ3v) is 4.44. The number of hydrogen-bond acceptors (Lipinski definition) is 3. The molecule has 1 fully saturated rings. The summed E-state index contributed by atoms with van der Waals surface area (Å²) < 4.78 is 0. The van der Waals surface area contributed by atoms with Crippen LogP contribution in [0.4, 0.5) is 5.69 Å². The van der Waals surface area contributed by atoms with E-state index in [9.17, 15) is 14.7 Å². The van der Waals surface area contributed by atoms with Gasteiger partial charge in [0.25, 0.3) is 5.91 Å². The number of benzene rings is 1. The fourth-order valence-corrected chi connectivity index (χ4v) is 2.82. The lowest BCUT2D eigenvalue weighted by atomic mass is 10.0. The van der Waals surface area contributed by atoms with Crippen molar-refractivity contribution < 1.29 is 14.7 Å². The number of nitrogens with one attached hydrogen (secondary N) is 2. The third kappa shape index (κ3) is 4.69. The van der Waals surface area contributed by atoms with Gasteiger partial charge in [-0.15, -0.1) is 0 Å². The molecule has 0 aromatic heterocycles. The number of carbonyl (C=O) groups is 2. The highest BCUT2D eigenvalue weighted by atomic mass is 35.5. The fourth-order valence-electron chi connectivity index (χ4n) is 2.61. The Morgan fingerprint density at radius 3 is 2.57 bits per heavy atom. The van der Waals surface area contributed by atoms with Crippen LogP contribution < -0.4 is 10.6 Å². The predicted octanol–water partition coefficient (Wildman–Crippen LogP) is 2.97. The van der Waals surface area contributed by atoms with Crippen molar-refractivity contribution in [3.05, 3.63) is 28.8 Å². The summed E-state index contributed by atoms with van der Waals surface area (Å²) in [5, 5.41) is 16.1. The molecule has 1 aromatic carbocycles. The Hall–Kier alpha value is -1.59. The minimum absolute atomic E-state index is 0.126. The zero-order valence-corrected chi connectivity index (χ0v) is 14.2. The molecule has 23 heavy (non-hydrogen) atoms. The molecule has 2 amide bonds. The minimum Gasteiger partial charge on any atom is -0.388 e. The van der Waals surface area contributed by atoms with Crippen molar-refractivity contribution in [3.8, 4) is 0 Å². The quantitative estimate of drug-likeness (QED) is 0.772. The molecule has 0 saturated heterocycles. The summed E-state index contributed by atoms with van der Waals surface area (Å²) in [4.78, 5) is 24.1. The predicted molar refractivity (Wildman–Crippen MR) is 90.7 cm³/mol. The van der Waals surface area contributed by atoms with Gasteiger partial charge in [0.1, 0.15) is 0 Å². The third-order valence-electron chi connectivity index (χ3n) is 4.12. The van der Waals surface area contributed by atoms with Crippen LogP contribution in [0.25, 0.3) is 0 Å². The molecule has 1 aliphatic rings. The average Bonchev–Trinajstić information content (AvgIpc) is 2.94. The van der Waals surface area contributed by atoms with Crippen molar-refractivity contribution in [2.24, 2.45) is 5.92 Å². The number of amides is 2. The van der Waals surface area contributed by atoms with Gasteiger partial charge in [0.05, 0.1) is 16.2 Å². The lowest BCUT2D eigenvalue weighted by Gasteiger charge is -2.22. The van der Waals surface area contributed by atoms with E-state index in [1.807, 2.05) is 0 Å². The molecule has 0 heterocycles. The largest absolute Gasteiger partial charge is 0.388 e. The molecule has 1 aliphatic carbocycles. The van der Waals surface area contributed by atoms with Crippen LogP contribution in [0, 0.1) is 5.92 Å². The Morgan fingerprint density at radius 1 is 1.30 bits per heavy atom. The smallest absolute Gasteiger partial charge is 0.252 e. The van der Waals surface area contributed by atoms with E-state index >= 15 is 0 Å². The first-order valence-electron chi connectivity index (χ1n) is 7.92. The van der Waals surface area contributed by atoms with Gasteiger partial charge >= 0.3 is 0 Å². The zero-order valence-electron chi connectivity index (χ0n) is 13.5. The van der Waals surface area contributed by atoms with Gasteiger partial charge in [-0.3, -0.25) is 9.59 Å². The van der Waals surface area contributed by atoms with Gasteiger partial charge in [0.15, 0.2) is 0 Å². The highest BCUT2D eigenvalue weighted by Crippen LogP contribution is 2.29. The van der Waals surface area contributed by atoms with E-state index in [2.05, 4.69) is 10.6 Å². The van der Waals surface area contributed by atoms with Crippen molar-refractivity contribution >= 4 is 29.1 Å². The molecule has 2 rings (SSSR count). The van der Waals surface area contributed by atoms with Crippen LogP contribution >= 0.6 is 11.6 Å². The van der Waals surface area contributed by atoms with Gasteiger partial charge in [-0.05, 0) is 31.0 Å². The highest BCUT2D eigenvalue weighted by molar-refractivity contribution is 6.34. The number of rotatable bonds is 5. The van der Waals surface area contributed by atoms with Crippen molar-refractivity contribution in [2.75, 3.05) is 11.9 Å². The molecule has 0 aliphatic heterocycles. The number of carbonyl (C=O) groups excluding carboxylic acids is 2. The molecular formula is C17H23ClN2O3. The van der Waals surface area contributed by atoms with E-state index in [-0.39, 0.29) is 29.8 Å². The average molecular weight is 339 g/mol. The molecule has 0 unspecified atom stereocenters. The Morgan fingerprint density at radius 2 is 1.96 bits per heavy atom. The van der Waals surface area contributed by atoms with Gasteiger partial charge in [0, 0.05) is 18.2 Å². The normalized spacial score (nSPS) is 16.4. The second kappa shape index (κ2) is 7.32. The first-order valence-corrected chi connectivity index (χ1v) is 8.29. The molecule has 0 atom stereocenters. The molecule has 0 bridgehead atoms. The number of aliphatic hydroxyl groups is 1. The lowest BCUT2D eigenvalue weighted by Crippen LogP contribution is -2.40. The number of hydrogen-bond donors (Lipinski definition) is 3. The molecule has 6 heteroatoms. The van der Waals surface area contributed by atoms with Crippen LogP contribution in [0.5, 0.6) is 0 Å². The van der Waals surface area contributed by atoms with Gasteiger partial charge < -0.3 is 15.7 Å². The van der Waals surface area contributed by atoms with Crippen LogP contribution in [0.1, 0.15) is 49.9 Å². The summed E-state index contributed by atoms with van der Waals surface area (Å²) in [5.74, 6) is -0.630. The van der Waals surface area contributed by atoms with Crippen molar-refractivity contribution in [1.82, 2.24) is 5.32 Å². The van der Waals surface area contributed by atoms with Crippen LogP contribution in [0.2, 0.25) is 5.02 Å². The lowest BCUT2D eigenvalue weighted by molar-refractivity contribution is -0.118. The van der Waals surface area contributed by atoms with Crippen molar-refractivity contribution in [1.29, 1.82) is 0 Å². The van der Waals surface area contributed by atoms with Crippen LogP contribution in [-0.2, 0) is 4.79 Å². The number of anilines is 1. The van der Waals surface area contributed by atoms with Crippen LogP contribution in [0.15, 0.2) is 18.2 Å². The molecule has 0 spiro atoms. The van der Waals surface area contributed by atoms with Crippen molar-refractivity contribution in [3.63, 3.8) is 0 Å². The first kappa shape index (κ1) is 17.8. The summed E-state index contributed by atoms with van der Waals surface area (Å²) in [6, 6.07) is 4.79. The van der Waals surface area contributed by atoms with Gasteiger partial charge in [0.2, 0.25) is 5.91 Å². The van der Waals surface area contributed by atoms with E-state index in [0.717, 1.165) is 12.8 Å². The summed E-state index contributed by atoms with van der Waals surface area (Å²) in [6.45, 7) is 3.80. The summed E-state index contributed by atoms with van der Waals surface area (Å²) in [5.41, 5.74) is -0.00125. The Bertz CT molecular complexity index is 596. The molecule has 3 N–H and O–H groups in total. The van der Waals surface area contributed by atoms with E-state index in [0.29, 0.717) is 23.6 Å². The second-order valence-corrected chi connectivity index (χ2v) is 6.86. The Balaban J connectivity index is 2.05. The van der Waals surface area contributed by atoms with Crippen LogP contribution in [0.3, 0.4) is 0 Å². The Labute approximate surface area is 141 Å². The topological polar surface area (TPSA) is 78.4 Å². The molecule has 126 valence electrons. The monoisotopic (exact) mass is 338 g/mol. The Kier molecular flexibility index (Phi) is 5.65. The maximum Gasteiger partial charge on any atom is 0.252 e. The maximum atomic E-state index is 12.3. The molecule has 1 aromatic rings. The summed E-state index contributed by atoms with van der Waals surface area (Å²) >= 11 is 6.08. The van der Waals surface area contributed by atoms with Crippen LogP contribution in [-0.4, -0.2) is 29.1 Å². The summed E-state index contributed by atoms with van der Waals surface area (Å²) in [7, 11) is 0. The molecule has 0 radical (unpaired) electrons. The van der Waals surface area contributed by atoms with Crippen molar-refractivity contribution in [2.45, 2.75) is 45.1 Å². The second-order valence-electron chi connectivity index (χ2n) is 6.45. The first-order chi connectivity index (χ1) is 10.8.